The van der Waals surface area contributed by atoms with Gasteiger partial charge < -0.3 is 16.0 Å². The number of hydrogen-bond acceptors (Lipinski definition) is 6. The molecule has 0 radical (unpaired) electrons. The van der Waals surface area contributed by atoms with Crippen molar-refractivity contribution < 1.29 is 0 Å². The molecule has 9 heteroatoms. The number of hydrogen-bond donors (Lipinski definition) is 3. The molecule has 0 fully saturated rings. The van der Waals surface area contributed by atoms with Crippen molar-refractivity contribution in [1.29, 1.82) is 0 Å². The van der Waals surface area contributed by atoms with Gasteiger partial charge in [-0.2, -0.15) is 15.0 Å². The minimum Gasteiger partial charge on any atom is -0.354 e. The van der Waals surface area contributed by atoms with Crippen molar-refractivity contribution in [3.63, 3.8) is 0 Å². The predicted octanol–water partition coefficient (Wildman–Crippen LogP) is 4.21. The second-order valence-corrected chi connectivity index (χ2v) is 4.94. The number of halogens is 3. The molecule has 0 amide bonds. The molecular formula is C13H17Cl3N6. The molecule has 0 spiro atoms. The largest absolute Gasteiger partial charge is 0.354 e. The van der Waals surface area contributed by atoms with Crippen molar-refractivity contribution in [2.45, 2.75) is 13.8 Å². The number of nitrogens with zero attached hydrogens (tertiary/aromatic N) is 3. The predicted molar refractivity (Wildman–Crippen MR) is 95.1 cm³/mol. The van der Waals surface area contributed by atoms with Crippen LogP contribution in [0.5, 0.6) is 0 Å². The van der Waals surface area contributed by atoms with Crippen molar-refractivity contribution in [2.75, 3.05) is 29.0 Å². The third kappa shape index (κ3) is 5.05. The van der Waals surface area contributed by atoms with Crippen LogP contribution in [0, 0.1) is 0 Å². The number of anilines is 4. The molecule has 1 aromatic heterocycles. The van der Waals surface area contributed by atoms with Gasteiger partial charge in [-0.1, -0.05) is 23.2 Å². The lowest BCUT2D eigenvalue weighted by atomic mass is 10.3. The van der Waals surface area contributed by atoms with Gasteiger partial charge in [-0.15, -0.1) is 12.4 Å². The molecule has 2 aromatic rings. The Bertz CT molecular complexity index is 598. The number of benzene rings is 1. The fourth-order valence-electron chi connectivity index (χ4n) is 1.61. The summed E-state index contributed by atoms with van der Waals surface area (Å²) in [4.78, 5) is 12.8. The molecule has 120 valence electrons. The maximum atomic E-state index is 5.99. The van der Waals surface area contributed by atoms with Crippen molar-refractivity contribution in [1.82, 2.24) is 15.0 Å². The normalized spacial score (nSPS) is 9.82. The highest BCUT2D eigenvalue weighted by Crippen LogP contribution is 2.26. The summed E-state index contributed by atoms with van der Waals surface area (Å²) < 4.78 is 0. The maximum Gasteiger partial charge on any atom is 0.233 e. The van der Waals surface area contributed by atoms with Crippen LogP contribution in [0.4, 0.5) is 23.5 Å². The summed E-state index contributed by atoms with van der Waals surface area (Å²) in [6.07, 6.45) is 0. The lowest BCUT2D eigenvalue weighted by Crippen LogP contribution is -2.10. The number of rotatable bonds is 6. The first-order chi connectivity index (χ1) is 10.1. The summed E-state index contributed by atoms with van der Waals surface area (Å²) >= 11 is 11.9. The molecule has 0 aliphatic heterocycles. The quantitative estimate of drug-likeness (QED) is 0.714. The van der Waals surface area contributed by atoms with E-state index in [1.807, 2.05) is 13.8 Å². The van der Waals surface area contributed by atoms with Crippen LogP contribution in [-0.4, -0.2) is 28.0 Å². The van der Waals surface area contributed by atoms with E-state index in [4.69, 9.17) is 23.2 Å². The number of nitrogens with one attached hydrogen (secondary N) is 3. The Hall–Kier alpha value is -1.50. The number of aromatic nitrogens is 3. The van der Waals surface area contributed by atoms with Crippen molar-refractivity contribution >= 4 is 59.1 Å². The molecule has 1 heterocycles. The smallest absolute Gasteiger partial charge is 0.233 e. The monoisotopic (exact) mass is 362 g/mol. The van der Waals surface area contributed by atoms with Gasteiger partial charge >= 0.3 is 0 Å². The van der Waals surface area contributed by atoms with E-state index in [0.29, 0.717) is 27.9 Å². The summed E-state index contributed by atoms with van der Waals surface area (Å²) in [5, 5.41) is 10.2. The van der Waals surface area contributed by atoms with E-state index in [9.17, 15) is 0 Å². The Morgan fingerprint density at radius 3 is 1.91 bits per heavy atom. The van der Waals surface area contributed by atoms with E-state index in [1.54, 1.807) is 18.2 Å². The molecule has 6 nitrogen and oxygen atoms in total. The topological polar surface area (TPSA) is 74.8 Å². The van der Waals surface area contributed by atoms with Gasteiger partial charge in [-0.3, -0.25) is 0 Å². The van der Waals surface area contributed by atoms with Gasteiger partial charge in [-0.25, -0.2) is 0 Å². The Balaban J connectivity index is 0.00000242. The summed E-state index contributed by atoms with van der Waals surface area (Å²) in [5.74, 6) is 1.44. The van der Waals surface area contributed by atoms with E-state index >= 15 is 0 Å². The van der Waals surface area contributed by atoms with Gasteiger partial charge in [0.25, 0.3) is 0 Å². The van der Waals surface area contributed by atoms with E-state index in [-0.39, 0.29) is 12.4 Å². The average molecular weight is 364 g/mol. The highest BCUT2D eigenvalue weighted by atomic mass is 35.5. The van der Waals surface area contributed by atoms with Crippen LogP contribution >= 0.6 is 35.6 Å². The summed E-state index contributed by atoms with van der Waals surface area (Å²) in [6, 6.07) is 5.23. The zero-order chi connectivity index (χ0) is 15.2. The van der Waals surface area contributed by atoms with Crippen molar-refractivity contribution in [3.05, 3.63) is 28.2 Å². The third-order valence-corrected chi connectivity index (χ3v) is 3.22. The molecule has 0 saturated carbocycles. The highest BCUT2D eigenvalue weighted by Gasteiger charge is 2.07. The Morgan fingerprint density at radius 1 is 0.864 bits per heavy atom. The second kappa shape index (κ2) is 8.82. The molecule has 0 atom stereocenters. The van der Waals surface area contributed by atoms with Crippen LogP contribution in [0.25, 0.3) is 0 Å². The van der Waals surface area contributed by atoms with Crippen LogP contribution < -0.4 is 16.0 Å². The first-order valence-electron chi connectivity index (χ1n) is 6.58. The van der Waals surface area contributed by atoms with Crippen LogP contribution in [-0.2, 0) is 0 Å². The molecule has 1 aromatic carbocycles. The lowest BCUT2D eigenvalue weighted by molar-refractivity contribution is 1.00. The molecule has 0 aliphatic rings. The summed E-state index contributed by atoms with van der Waals surface area (Å²) in [7, 11) is 0. The van der Waals surface area contributed by atoms with Crippen LogP contribution in [0.15, 0.2) is 18.2 Å². The fraction of sp³-hybridized carbons (Fsp3) is 0.308. The van der Waals surface area contributed by atoms with Gasteiger partial charge in [0.05, 0.1) is 10.0 Å². The van der Waals surface area contributed by atoms with Gasteiger partial charge in [-0.05, 0) is 32.0 Å². The maximum absolute atomic E-state index is 5.99. The summed E-state index contributed by atoms with van der Waals surface area (Å²) in [5.41, 5.74) is 0.750. The third-order valence-electron chi connectivity index (χ3n) is 2.48. The van der Waals surface area contributed by atoms with E-state index < -0.39 is 0 Å². The Morgan fingerprint density at radius 2 is 1.41 bits per heavy atom. The van der Waals surface area contributed by atoms with Crippen LogP contribution in [0.3, 0.4) is 0 Å². The minimum atomic E-state index is 0. The highest BCUT2D eigenvalue weighted by molar-refractivity contribution is 6.42. The molecule has 0 saturated heterocycles. The zero-order valence-electron chi connectivity index (χ0n) is 12.2. The first kappa shape index (κ1) is 18.5. The fourth-order valence-corrected chi connectivity index (χ4v) is 1.91. The molecule has 22 heavy (non-hydrogen) atoms. The molecule has 0 unspecified atom stereocenters. The second-order valence-electron chi connectivity index (χ2n) is 4.12. The van der Waals surface area contributed by atoms with Crippen molar-refractivity contribution in [3.8, 4) is 0 Å². The average Bonchev–Trinajstić information content (AvgIpc) is 2.43. The molecule has 0 aliphatic carbocycles. The van der Waals surface area contributed by atoms with Gasteiger partial charge in [0.2, 0.25) is 17.8 Å². The Labute approximate surface area is 145 Å². The van der Waals surface area contributed by atoms with Gasteiger partial charge in [0.1, 0.15) is 0 Å². The van der Waals surface area contributed by atoms with E-state index in [0.717, 1.165) is 18.8 Å². The zero-order valence-corrected chi connectivity index (χ0v) is 14.5. The van der Waals surface area contributed by atoms with E-state index in [1.165, 1.54) is 0 Å². The Kier molecular flexibility index (Phi) is 7.44. The standard InChI is InChI=1S/C13H16Cl2N6.ClH/c1-3-16-11-19-12(17-4-2)21-13(20-11)18-8-5-6-9(14)10(15)7-8;/h5-7H,3-4H2,1-2H3,(H3,16,17,18,19,20,21);1H. The van der Waals surface area contributed by atoms with Crippen LogP contribution in [0.2, 0.25) is 10.0 Å². The lowest BCUT2D eigenvalue weighted by Gasteiger charge is -2.10. The molecular weight excluding hydrogens is 347 g/mol. The van der Waals surface area contributed by atoms with Gasteiger partial charge in [0.15, 0.2) is 0 Å². The molecule has 3 N–H and O–H groups in total. The SMILES string of the molecule is CCNc1nc(NCC)nc(Nc2ccc(Cl)c(Cl)c2)n1.Cl. The molecule has 0 bridgehead atoms. The molecule has 2 rings (SSSR count). The van der Waals surface area contributed by atoms with E-state index in [2.05, 4.69) is 30.9 Å². The van der Waals surface area contributed by atoms with Crippen LogP contribution in [0.1, 0.15) is 13.8 Å². The minimum absolute atomic E-state index is 0. The first-order valence-corrected chi connectivity index (χ1v) is 7.33. The van der Waals surface area contributed by atoms with Crippen molar-refractivity contribution in [2.24, 2.45) is 0 Å². The summed E-state index contributed by atoms with van der Waals surface area (Å²) in [6.45, 7) is 5.40. The van der Waals surface area contributed by atoms with Gasteiger partial charge in [0, 0.05) is 18.8 Å².